The number of rotatable bonds is 11. The van der Waals surface area contributed by atoms with E-state index in [2.05, 4.69) is 33.9 Å². The van der Waals surface area contributed by atoms with E-state index < -0.39 is 6.10 Å². The monoisotopic (exact) mass is 419 g/mol. The Bertz CT molecular complexity index is 587. The van der Waals surface area contributed by atoms with Crippen LogP contribution in [-0.2, 0) is 11.3 Å². The van der Waals surface area contributed by atoms with Gasteiger partial charge in [-0.25, -0.2) is 0 Å². The Balaban J connectivity index is 1.34. The number of hydrogen-bond acceptors (Lipinski definition) is 6. The van der Waals surface area contributed by atoms with Crippen LogP contribution in [-0.4, -0.2) is 98.6 Å². The molecule has 6 nitrogen and oxygen atoms in total. The van der Waals surface area contributed by atoms with Gasteiger partial charge in [-0.1, -0.05) is 25.0 Å². The van der Waals surface area contributed by atoms with E-state index in [1.807, 2.05) is 12.1 Å². The third-order valence-electron chi connectivity index (χ3n) is 6.08. The second kappa shape index (κ2) is 13.3. The molecule has 1 aromatic carbocycles. The molecule has 2 aliphatic rings. The summed E-state index contributed by atoms with van der Waals surface area (Å²) in [6.45, 7) is 10.3. The highest BCUT2D eigenvalue weighted by molar-refractivity contribution is 5.28. The second-order valence-corrected chi connectivity index (χ2v) is 8.87. The third-order valence-corrected chi connectivity index (χ3v) is 6.08. The van der Waals surface area contributed by atoms with E-state index >= 15 is 0 Å². The van der Waals surface area contributed by atoms with Crippen molar-refractivity contribution in [3.8, 4) is 5.75 Å². The lowest BCUT2D eigenvalue weighted by Gasteiger charge is -2.27. The van der Waals surface area contributed by atoms with Crippen LogP contribution in [0, 0.1) is 0 Å². The van der Waals surface area contributed by atoms with Gasteiger partial charge in [-0.3, -0.25) is 4.90 Å². The maximum absolute atomic E-state index is 10.4. The summed E-state index contributed by atoms with van der Waals surface area (Å²) in [5, 5.41) is 10.4. The molecule has 0 radical (unpaired) electrons. The van der Waals surface area contributed by atoms with Gasteiger partial charge in [-0.05, 0) is 70.2 Å². The molecular formula is C24H41N3O3. The Kier molecular flexibility index (Phi) is 10.4. The smallest absolute Gasteiger partial charge is 0.119 e. The standard InChI is InChI=1S/C24H41N3O3/c1-25(10-7-13-26-14-16-29-17-15-26)19-22-8-6-9-24(18-22)30-21-23(28)20-27-11-4-2-3-5-12-27/h6,8-9,18,23,28H,2-5,7,10-17,19-21H2,1H3. The van der Waals surface area contributed by atoms with Gasteiger partial charge in [0.1, 0.15) is 18.5 Å². The van der Waals surface area contributed by atoms with Crippen molar-refractivity contribution in [2.45, 2.75) is 44.8 Å². The SMILES string of the molecule is CN(CCCN1CCOCC1)Cc1cccc(OCC(O)CN2CCCCCC2)c1. The summed E-state index contributed by atoms with van der Waals surface area (Å²) in [5.74, 6) is 0.851. The molecular weight excluding hydrogens is 378 g/mol. The summed E-state index contributed by atoms with van der Waals surface area (Å²) in [6.07, 6.45) is 5.87. The number of benzene rings is 1. The first-order valence-corrected chi connectivity index (χ1v) is 11.8. The minimum atomic E-state index is -0.436. The van der Waals surface area contributed by atoms with Gasteiger partial charge in [-0.15, -0.1) is 0 Å². The Morgan fingerprint density at radius 1 is 1.07 bits per heavy atom. The quantitative estimate of drug-likeness (QED) is 0.595. The number of aliphatic hydroxyl groups excluding tert-OH is 1. The van der Waals surface area contributed by atoms with Gasteiger partial charge in [0.05, 0.1) is 13.2 Å². The molecule has 0 spiro atoms. The fourth-order valence-electron chi connectivity index (χ4n) is 4.38. The van der Waals surface area contributed by atoms with Crippen molar-refractivity contribution in [1.82, 2.24) is 14.7 Å². The Labute approximate surface area is 182 Å². The molecule has 30 heavy (non-hydrogen) atoms. The highest BCUT2D eigenvalue weighted by atomic mass is 16.5. The van der Waals surface area contributed by atoms with Gasteiger partial charge in [0.15, 0.2) is 0 Å². The Morgan fingerprint density at radius 2 is 1.83 bits per heavy atom. The van der Waals surface area contributed by atoms with Crippen LogP contribution < -0.4 is 4.74 Å². The molecule has 0 aromatic heterocycles. The lowest BCUT2D eigenvalue weighted by Crippen LogP contribution is -2.37. The first kappa shape index (κ1) is 23.5. The van der Waals surface area contributed by atoms with Gasteiger partial charge < -0.3 is 24.4 Å². The van der Waals surface area contributed by atoms with Crippen molar-refractivity contribution in [1.29, 1.82) is 0 Å². The van der Waals surface area contributed by atoms with Crippen molar-refractivity contribution in [3.05, 3.63) is 29.8 Å². The highest BCUT2D eigenvalue weighted by Gasteiger charge is 2.14. The van der Waals surface area contributed by atoms with Gasteiger partial charge in [-0.2, -0.15) is 0 Å². The minimum Gasteiger partial charge on any atom is -0.491 e. The predicted octanol–water partition coefficient (Wildman–Crippen LogP) is 2.46. The zero-order chi connectivity index (χ0) is 21.0. The molecule has 0 bridgehead atoms. The van der Waals surface area contributed by atoms with Crippen molar-refractivity contribution in [2.75, 3.05) is 72.7 Å². The van der Waals surface area contributed by atoms with Crippen LogP contribution in [0.25, 0.3) is 0 Å². The number of hydrogen-bond donors (Lipinski definition) is 1. The van der Waals surface area contributed by atoms with Gasteiger partial charge in [0.25, 0.3) is 0 Å². The molecule has 1 unspecified atom stereocenters. The van der Waals surface area contributed by atoms with Crippen LogP contribution in [0.1, 0.15) is 37.7 Å². The Morgan fingerprint density at radius 3 is 2.60 bits per heavy atom. The topological polar surface area (TPSA) is 48.4 Å². The molecule has 0 amide bonds. The average Bonchev–Trinajstić information content (AvgIpc) is 3.02. The summed E-state index contributed by atoms with van der Waals surface area (Å²) in [7, 11) is 2.18. The summed E-state index contributed by atoms with van der Waals surface area (Å²) in [4.78, 5) is 7.24. The summed E-state index contributed by atoms with van der Waals surface area (Å²) >= 11 is 0. The zero-order valence-corrected chi connectivity index (χ0v) is 18.8. The lowest BCUT2D eigenvalue weighted by molar-refractivity contribution is 0.0363. The number of likely N-dealkylation sites (tertiary alicyclic amines) is 1. The van der Waals surface area contributed by atoms with E-state index in [1.54, 1.807) is 0 Å². The number of aliphatic hydroxyl groups is 1. The van der Waals surface area contributed by atoms with Crippen LogP contribution in [0.4, 0.5) is 0 Å². The average molecular weight is 420 g/mol. The number of β-amino-alcohol motifs (C(OH)–C–C–N with tert-alkyl or cyclic N) is 1. The molecule has 1 aromatic rings. The fraction of sp³-hybridized carbons (Fsp3) is 0.750. The number of nitrogens with zero attached hydrogens (tertiary/aromatic N) is 3. The first-order chi connectivity index (χ1) is 14.7. The zero-order valence-electron chi connectivity index (χ0n) is 18.8. The van der Waals surface area contributed by atoms with Crippen LogP contribution in [0.5, 0.6) is 5.75 Å². The van der Waals surface area contributed by atoms with Crippen LogP contribution >= 0.6 is 0 Å². The molecule has 1 atom stereocenters. The minimum absolute atomic E-state index is 0.356. The maximum Gasteiger partial charge on any atom is 0.119 e. The van der Waals surface area contributed by atoms with E-state index in [9.17, 15) is 5.11 Å². The van der Waals surface area contributed by atoms with Gasteiger partial charge in [0, 0.05) is 26.2 Å². The van der Waals surface area contributed by atoms with E-state index in [0.717, 1.165) is 64.8 Å². The van der Waals surface area contributed by atoms with Crippen LogP contribution in [0.15, 0.2) is 24.3 Å². The third kappa shape index (κ3) is 8.90. The fourth-order valence-corrected chi connectivity index (χ4v) is 4.38. The molecule has 0 aliphatic carbocycles. The van der Waals surface area contributed by atoms with Gasteiger partial charge >= 0.3 is 0 Å². The number of ether oxygens (including phenoxy) is 2. The van der Waals surface area contributed by atoms with E-state index in [0.29, 0.717) is 13.2 Å². The normalized spacial score (nSPS) is 20.2. The van der Waals surface area contributed by atoms with Crippen molar-refractivity contribution < 1.29 is 14.6 Å². The lowest BCUT2D eigenvalue weighted by atomic mass is 10.2. The molecule has 6 heteroatoms. The molecule has 2 fully saturated rings. The maximum atomic E-state index is 10.4. The highest BCUT2D eigenvalue weighted by Crippen LogP contribution is 2.16. The molecule has 2 saturated heterocycles. The van der Waals surface area contributed by atoms with Crippen molar-refractivity contribution in [2.24, 2.45) is 0 Å². The largest absolute Gasteiger partial charge is 0.491 e. The number of morpholine rings is 1. The summed E-state index contributed by atoms with van der Waals surface area (Å²) < 4.78 is 11.3. The molecule has 170 valence electrons. The molecule has 2 heterocycles. The van der Waals surface area contributed by atoms with Crippen molar-refractivity contribution >= 4 is 0 Å². The molecule has 1 N–H and O–H groups in total. The van der Waals surface area contributed by atoms with E-state index in [1.165, 1.54) is 37.7 Å². The summed E-state index contributed by atoms with van der Waals surface area (Å²) in [6, 6.07) is 8.30. The first-order valence-electron chi connectivity index (χ1n) is 11.8. The molecule has 3 rings (SSSR count). The van der Waals surface area contributed by atoms with E-state index in [-0.39, 0.29) is 0 Å². The molecule has 0 saturated carbocycles. The van der Waals surface area contributed by atoms with Crippen LogP contribution in [0.2, 0.25) is 0 Å². The van der Waals surface area contributed by atoms with E-state index in [4.69, 9.17) is 9.47 Å². The molecule has 2 aliphatic heterocycles. The second-order valence-electron chi connectivity index (χ2n) is 8.87. The van der Waals surface area contributed by atoms with Gasteiger partial charge in [0.2, 0.25) is 0 Å². The summed E-state index contributed by atoms with van der Waals surface area (Å²) in [5.41, 5.74) is 1.25. The Hall–Kier alpha value is -1.18. The van der Waals surface area contributed by atoms with Crippen molar-refractivity contribution in [3.63, 3.8) is 0 Å². The van der Waals surface area contributed by atoms with Crippen LogP contribution in [0.3, 0.4) is 0 Å². The predicted molar refractivity (Wildman–Crippen MR) is 121 cm³/mol.